The normalized spacial score (nSPS) is 13.7. The molecule has 10 heterocycles. The van der Waals surface area contributed by atoms with Gasteiger partial charge in [-0.05, 0) is 142 Å². The number of aromatic nitrogens is 8. The molecule has 0 atom stereocenters. The third-order valence-electron chi connectivity index (χ3n) is 21.0. The van der Waals surface area contributed by atoms with Crippen molar-refractivity contribution in [1.29, 1.82) is 0 Å². The number of rotatable bonds is 8. The molecule has 2 aliphatic heterocycles. The summed E-state index contributed by atoms with van der Waals surface area (Å²) in [5, 5.41) is 10.8. The van der Waals surface area contributed by atoms with E-state index in [0.29, 0.717) is 40.0 Å². The second kappa shape index (κ2) is 30.3. The first-order valence-corrected chi connectivity index (χ1v) is 37.4. The standard InChI is InChI=1S/C42H24N4O2.C27H16ClN3O.C21H20BNO3.C4H8O.K.H/c1-2-11-25(12-3-1)40-44-41(46-42(45-40)31-18-9-21-36-39(31)30-16-6-7-19-34(30)47-36)29-15-5-4-14-27(29)28-17-8-20-35-38(28)32-24-33-26(13-10-22-43-33)23-37(32)48-35;28-21-14-6-4-11-18(21)26-29-25(17-9-2-1-3-10-17)30-27(31-26)20-13-8-16-23-24(20)19-12-5-7-15-22(19)32-23;1-20(2)21(3,4)26-22(25-20)15-8-5-9-17-19(15)14-12-16-13(7-6-10-23-16)11-18(14)24-17;1-2-4-5-3-1;;/h1-24H;1-16H;5-12H,1-4H3;1-4H2;;/q;;;;+1;-1. The van der Waals surface area contributed by atoms with Gasteiger partial charge in [0.1, 0.15) is 44.7 Å². The first-order valence-electron chi connectivity index (χ1n) is 37.0. The van der Waals surface area contributed by atoms with Crippen LogP contribution in [0.5, 0.6) is 0 Å². The van der Waals surface area contributed by atoms with Crippen LogP contribution >= 0.6 is 11.6 Å². The molecule has 15 nitrogen and oxygen atoms in total. The van der Waals surface area contributed by atoms with Crippen LogP contribution < -0.4 is 56.8 Å². The molecule has 538 valence electrons. The van der Waals surface area contributed by atoms with Crippen molar-refractivity contribution < 1.29 is 84.5 Å². The first kappa shape index (κ1) is 72.1. The van der Waals surface area contributed by atoms with Crippen LogP contribution in [-0.4, -0.2) is 71.4 Å². The zero-order valence-electron chi connectivity index (χ0n) is 62.9. The van der Waals surface area contributed by atoms with Crippen molar-refractivity contribution in [2.45, 2.75) is 51.7 Å². The van der Waals surface area contributed by atoms with Gasteiger partial charge in [0, 0.05) is 113 Å². The van der Waals surface area contributed by atoms with E-state index in [0.717, 1.165) is 173 Å². The van der Waals surface area contributed by atoms with E-state index < -0.39 is 7.12 Å². The molecule has 2 fully saturated rings. The molecule has 18 heteroatoms. The minimum absolute atomic E-state index is 0. The van der Waals surface area contributed by atoms with Gasteiger partial charge in [-0.15, -0.1) is 0 Å². The SMILES string of the molecule is C1CCOC1.CC1(C)OB(c2cccc3oc4cc5cccnc5cc4c23)OC1(C)C.Clc1ccccc1-c1nc(-c2ccccc2)nc(-c2cccc3oc4ccccc4c23)n1.[H-].[K+].c1ccc(-c2nc(-c3ccccc3-c3cccc4oc5cc6cccnc6cc5c34)nc(-c3cccc4oc5ccccc5c34)n2)cc1. The van der Waals surface area contributed by atoms with E-state index in [4.69, 9.17) is 73.2 Å². The van der Waals surface area contributed by atoms with E-state index >= 15 is 0 Å². The number of fused-ring (bicyclic) bond motifs is 14. The van der Waals surface area contributed by atoms with Crippen molar-refractivity contribution >= 4 is 134 Å². The van der Waals surface area contributed by atoms with E-state index in [-0.39, 0.29) is 64.0 Å². The summed E-state index contributed by atoms with van der Waals surface area (Å²) in [7, 11) is -0.427. The van der Waals surface area contributed by atoms with Crippen LogP contribution in [-0.2, 0) is 14.0 Å². The summed E-state index contributed by atoms with van der Waals surface area (Å²) < 4.78 is 42.4. The van der Waals surface area contributed by atoms with Crippen LogP contribution in [0.4, 0.5) is 0 Å². The molecule has 0 saturated carbocycles. The number of hydrogen-bond donors (Lipinski definition) is 0. The topological polar surface area (TPSA) is 183 Å². The summed E-state index contributed by atoms with van der Waals surface area (Å²) >= 11 is 6.50. The largest absolute Gasteiger partial charge is 1.00 e. The molecule has 112 heavy (non-hydrogen) atoms. The summed E-state index contributed by atoms with van der Waals surface area (Å²) in [6.07, 6.45) is 6.19. The molecule has 0 bridgehead atoms. The summed E-state index contributed by atoms with van der Waals surface area (Å²) in [5.74, 6) is 3.46. The predicted molar refractivity (Wildman–Crippen MR) is 446 cm³/mol. The van der Waals surface area contributed by atoms with Crippen LogP contribution in [0.25, 0.3) is 189 Å². The zero-order chi connectivity index (χ0) is 74.7. The number of furan rings is 4. The number of ether oxygens (including phenoxy) is 1. The predicted octanol–water partition coefficient (Wildman–Crippen LogP) is 20.7. The maximum Gasteiger partial charge on any atom is 1.00 e. The Hall–Kier alpha value is -11.4. The van der Waals surface area contributed by atoms with E-state index in [1.807, 2.05) is 219 Å². The second-order valence-corrected chi connectivity index (χ2v) is 28.9. The molecule has 2 saturated heterocycles. The van der Waals surface area contributed by atoms with Crippen molar-refractivity contribution in [3.05, 3.63) is 296 Å². The third-order valence-corrected chi connectivity index (χ3v) is 21.3. The maximum atomic E-state index is 6.50. The van der Waals surface area contributed by atoms with E-state index in [2.05, 4.69) is 110 Å². The minimum atomic E-state index is -0.427. The summed E-state index contributed by atoms with van der Waals surface area (Å²) in [4.78, 5) is 38.9. The molecular formula is C94H69BClKN8O7. The molecule has 0 N–H and O–H groups in total. The average molecular weight is 1510 g/mol. The minimum Gasteiger partial charge on any atom is -1.00 e. The van der Waals surface area contributed by atoms with Crippen molar-refractivity contribution in [2.24, 2.45) is 0 Å². The van der Waals surface area contributed by atoms with Gasteiger partial charge in [0.2, 0.25) is 0 Å². The fourth-order valence-electron chi connectivity index (χ4n) is 14.9. The Morgan fingerprint density at radius 3 is 1.20 bits per heavy atom. The number of pyridine rings is 2. The average Bonchev–Trinajstić information content (AvgIpc) is 1.61. The zero-order valence-corrected chi connectivity index (χ0v) is 65.8. The van der Waals surface area contributed by atoms with Gasteiger partial charge in [-0.1, -0.05) is 206 Å². The molecule has 0 unspecified atom stereocenters. The molecule has 20 aromatic rings. The molecule has 0 aliphatic carbocycles. The second-order valence-electron chi connectivity index (χ2n) is 28.5. The Kier molecular flexibility index (Phi) is 19.5. The van der Waals surface area contributed by atoms with Crippen LogP contribution in [0.3, 0.4) is 0 Å². The number of benzene rings is 12. The molecule has 2 aliphatic rings. The van der Waals surface area contributed by atoms with Gasteiger partial charge >= 0.3 is 58.5 Å². The summed E-state index contributed by atoms with van der Waals surface area (Å²) in [5.41, 5.74) is 15.9. The van der Waals surface area contributed by atoms with Crippen LogP contribution in [0.1, 0.15) is 42.0 Å². The fraction of sp³-hybridized carbons (Fsp3) is 0.106. The number of para-hydroxylation sites is 2. The molecular weight excluding hydrogens is 1440 g/mol. The van der Waals surface area contributed by atoms with Crippen LogP contribution in [0, 0.1) is 0 Å². The van der Waals surface area contributed by atoms with Crippen molar-refractivity contribution in [3.8, 4) is 79.5 Å². The first-order chi connectivity index (χ1) is 54.4. The van der Waals surface area contributed by atoms with Crippen LogP contribution in [0.2, 0.25) is 5.02 Å². The van der Waals surface area contributed by atoms with Crippen molar-refractivity contribution in [2.75, 3.05) is 13.2 Å². The Balaban J connectivity index is 0.000000124. The molecule has 0 radical (unpaired) electrons. The van der Waals surface area contributed by atoms with Gasteiger partial charge in [0.25, 0.3) is 0 Å². The molecule has 8 aromatic heterocycles. The van der Waals surface area contributed by atoms with E-state index in [1.165, 1.54) is 12.8 Å². The monoisotopic (exact) mass is 1510 g/mol. The third kappa shape index (κ3) is 13.6. The van der Waals surface area contributed by atoms with Gasteiger partial charge in [0.05, 0.1) is 27.3 Å². The maximum absolute atomic E-state index is 6.50. The molecule has 0 spiro atoms. The Bertz CT molecular complexity index is 6950. The summed E-state index contributed by atoms with van der Waals surface area (Å²) in [6.45, 7) is 10.3. The van der Waals surface area contributed by atoms with Gasteiger partial charge in [-0.2, -0.15) is 0 Å². The molecule has 22 rings (SSSR count). The Morgan fingerprint density at radius 1 is 0.321 bits per heavy atom. The van der Waals surface area contributed by atoms with Gasteiger partial charge < -0.3 is 33.1 Å². The molecule has 0 amide bonds. The summed E-state index contributed by atoms with van der Waals surface area (Å²) in [6, 6.07) is 92.4. The fourth-order valence-corrected chi connectivity index (χ4v) is 15.1. The Morgan fingerprint density at radius 2 is 0.696 bits per heavy atom. The Labute approximate surface area is 692 Å². The quantitative estimate of drug-likeness (QED) is 0.131. The van der Waals surface area contributed by atoms with E-state index in [1.54, 1.807) is 0 Å². The van der Waals surface area contributed by atoms with Gasteiger partial charge in [-0.3, -0.25) is 9.97 Å². The number of nitrogens with zero attached hydrogens (tertiary/aromatic N) is 8. The van der Waals surface area contributed by atoms with Crippen molar-refractivity contribution in [1.82, 2.24) is 39.9 Å². The number of hydrogen-bond acceptors (Lipinski definition) is 15. The van der Waals surface area contributed by atoms with Crippen molar-refractivity contribution in [3.63, 3.8) is 0 Å². The smallest absolute Gasteiger partial charge is 1.00 e. The van der Waals surface area contributed by atoms with Gasteiger partial charge in [-0.25, -0.2) is 29.9 Å². The van der Waals surface area contributed by atoms with E-state index in [9.17, 15) is 0 Å². The van der Waals surface area contributed by atoms with Crippen LogP contribution in [0.15, 0.2) is 309 Å². The molecule has 12 aromatic carbocycles. The van der Waals surface area contributed by atoms with Gasteiger partial charge in [0.15, 0.2) is 34.9 Å². The number of halogens is 1.